The van der Waals surface area contributed by atoms with Crippen LogP contribution in [0.5, 0.6) is 0 Å². The molecule has 0 radical (unpaired) electrons. The lowest BCUT2D eigenvalue weighted by atomic mass is 10.1. The van der Waals surface area contributed by atoms with Gasteiger partial charge in [-0.2, -0.15) is 22.0 Å². The highest BCUT2D eigenvalue weighted by Gasteiger charge is 2.58. The van der Waals surface area contributed by atoms with Crippen molar-refractivity contribution in [3.05, 3.63) is 11.9 Å². The van der Waals surface area contributed by atoms with Gasteiger partial charge in [-0.3, -0.25) is 0 Å². The Labute approximate surface area is 110 Å². The van der Waals surface area contributed by atoms with Crippen LogP contribution in [0.15, 0.2) is 11.9 Å². The summed E-state index contributed by atoms with van der Waals surface area (Å²) in [4.78, 5) is 10.6. The molecule has 9 heteroatoms. The number of carbonyl (C=O) groups is 1. The van der Waals surface area contributed by atoms with Crippen LogP contribution in [-0.2, 0) is 9.53 Å². The van der Waals surface area contributed by atoms with Crippen LogP contribution in [0.4, 0.5) is 26.3 Å². The van der Waals surface area contributed by atoms with Crippen LogP contribution in [0.25, 0.3) is 0 Å². The van der Waals surface area contributed by atoms with Gasteiger partial charge in [0.25, 0.3) is 0 Å². The molecule has 0 spiro atoms. The van der Waals surface area contributed by atoms with Crippen molar-refractivity contribution in [2.75, 3.05) is 6.61 Å². The van der Waals surface area contributed by atoms with E-state index < -0.39 is 47.9 Å². The Hall–Kier alpha value is -1.25. The van der Waals surface area contributed by atoms with Crippen LogP contribution >= 0.6 is 0 Å². The fourth-order valence-corrected chi connectivity index (χ4v) is 1.93. The lowest BCUT2D eigenvalue weighted by Gasteiger charge is -2.16. The molecule has 0 heterocycles. The lowest BCUT2D eigenvalue weighted by Crippen LogP contribution is -2.29. The van der Waals surface area contributed by atoms with E-state index in [0.29, 0.717) is 0 Å². The molecule has 116 valence electrons. The minimum Gasteiger partial charge on any atom is -0.550 e. The molecular weight excluding hydrogens is 294 g/mol. The van der Waals surface area contributed by atoms with Gasteiger partial charge in [-0.15, -0.1) is 0 Å². The van der Waals surface area contributed by atoms with Crippen LogP contribution in [0.3, 0.4) is 0 Å². The molecule has 0 saturated heterocycles. The zero-order chi connectivity index (χ0) is 15.9. The van der Waals surface area contributed by atoms with E-state index in [9.17, 15) is 36.2 Å². The number of ether oxygens (including phenoxy) is 1. The topological polar surface area (TPSA) is 49.4 Å². The number of rotatable bonds is 5. The number of hydrogen-bond acceptors (Lipinski definition) is 3. The molecule has 1 aliphatic carbocycles. The van der Waals surface area contributed by atoms with Crippen LogP contribution in [-0.4, -0.2) is 24.9 Å². The summed E-state index contributed by atoms with van der Waals surface area (Å²) in [6, 6.07) is 0. The van der Waals surface area contributed by atoms with E-state index in [1.165, 1.54) is 13.8 Å². The van der Waals surface area contributed by atoms with Gasteiger partial charge in [0, 0.05) is 11.9 Å². The molecule has 2 unspecified atom stereocenters. The Bertz CT molecular complexity index is 426. The molecule has 1 fully saturated rings. The van der Waals surface area contributed by atoms with Gasteiger partial charge in [0.1, 0.15) is 6.61 Å². The fourth-order valence-electron chi connectivity index (χ4n) is 1.93. The molecule has 0 aromatic heterocycles. The average Bonchev–Trinajstić information content (AvgIpc) is 2.77. The number of carboxylic acid groups (broad SMARTS) is 1. The van der Waals surface area contributed by atoms with Crippen LogP contribution in [0, 0.1) is 17.3 Å². The van der Waals surface area contributed by atoms with Crippen molar-refractivity contribution in [1.82, 2.24) is 0 Å². The summed E-state index contributed by atoms with van der Waals surface area (Å²) in [5.74, 6) is -6.05. The first-order valence-corrected chi connectivity index (χ1v) is 5.46. The predicted molar refractivity (Wildman–Crippen MR) is 51.9 cm³/mol. The normalized spacial score (nSPS) is 26.5. The highest BCUT2D eigenvalue weighted by Crippen LogP contribution is 2.59. The third-order valence-electron chi connectivity index (χ3n) is 3.19. The summed E-state index contributed by atoms with van der Waals surface area (Å²) in [6.45, 7) is 0.451. The summed E-state index contributed by atoms with van der Waals surface area (Å²) >= 11 is 0. The van der Waals surface area contributed by atoms with E-state index in [2.05, 4.69) is 4.74 Å². The van der Waals surface area contributed by atoms with Crippen LogP contribution < -0.4 is 5.11 Å². The first-order valence-electron chi connectivity index (χ1n) is 5.46. The molecule has 1 saturated carbocycles. The second kappa shape index (κ2) is 4.94. The highest BCUT2D eigenvalue weighted by molar-refractivity contribution is 5.74. The molecule has 0 aliphatic heterocycles. The van der Waals surface area contributed by atoms with Crippen molar-refractivity contribution in [3.8, 4) is 0 Å². The maximum absolute atomic E-state index is 13.2. The van der Waals surface area contributed by atoms with Crippen molar-refractivity contribution >= 4 is 5.97 Å². The molecule has 0 N–H and O–H groups in total. The van der Waals surface area contributed by atoms with Gasteiger partial charge < -0.3 is 14.6 Å². The smallest absolute Gasteiger partial charge is 0.412 e. The zero-order valence-corrected chi connectivity index (χ0v) is 10.4. The quantitative estimate of drug-likeness (QED) is 0.730. The van der Waals surface area contributed by atoms with E-state index in [1.807, 2.05) is 0 Å². The van der Waals surface area contributed by atoms with Crippen molar-refractivity contribution in [2.45, 2.75) is 26.1 Å². The second-order valence-corrected chi connectivity index (χ2v) is 5.08. The second-order valence-electron chi connectivity index (χ2n) is 5.08. The lowest BCUT2D eigenvalue weighted by molar-refractivity contribution is -0.309. The molecule has 0 amide bonds. The van der Waals surface area contributed by atoms with E-state index in [-0.39, 0.29) is 6.08 Å². The number of hydrogen-bond donors (Lipinski definition) is 0. The molecule has 0 bridgehead atoms. The number of alkyl halides is 5. The SMILES string of the molecule is CC1(C)C(/C=C(/F)C(F)(F)OCC(F)(F)F)C1C(=O)[O-]. The number of halogens is 6. The highest BCUT2D eigenvalue weighted by atomic mass is 19.4. The van der Waals surface area contributed by atoms with E-state index in [4.69, 9.17) is 0 Å². The van der Waals surface area contributed by atoms with Gasteiger partial charge in [0.05, 0.1) is 0 Å². The van der Waals surface area contributed by atoms with E-state index in [0.717, 1.165) is 0 Å². The molecule has 3 nitrogen and oxygen atoms in total. The summed E-state index contributed by atoms with van der Waals surface area (Å²) in [5.41, 5.74) is -1.00. The Morgan fingerprint density at radius 3 is 2.15 bits per heavy atom. The summed E-state index contributed by atoms with van der Waals surface area (Å²) in [6.07, 6.45) is -9.52. The summed E-state index contributed by atoms with van der Waals surface area (Å²) < 4.78 is 77.6. The minimum absolute atomic E-state index is 0.275. The molecule has 2 atom stereocenters. The number of carboxylic acids is 1. The minimum atomic E-state index is -5.03. The third kappa shape index (κ3) is 3.65. The van der Waals surface area contributed by atoms with Crippen molar-refractivity contribution < 1.29 is 41.0 Å². The summed E-state index contributed by atoms with van der Waals surface area (Å²) in [7, 11) is 0. The van der Waals surface area contributed by atoms with Crippen molar-refractivity contribution in [1.29, 1.82) is 0 Å². The Kier molecular flexibility index (Phi) is 4.15. The number of allylic oxidation sites excluding steroid dienone is 1. The van der Waals surface area contributed by atoms with Gasteiger partial charge in [0.15, 0.2) is 5.83 Å². The van der Waals surface area contributed by atoms with Gasteiger partial charge in [0.2, 0.25) is 0 Å². The van der Waals surface area contributed by atoms with E-state index >= 15 is 0 Å². The molecular formula is C11H11F6O3-. The largest absolute Gasteiger partial charge is 0.550 e. The standard InChI is InChI=1S/C11H12F6O3/c1-9(2)5(7(9)8(18)19)3-6(12)11(16,17)20-4-10(13,14)15/h3,5,7H,4H2,1-2H3,(H,18,19)/p-1/b6-3+. The molecule has 20 heavy (non-hydrogen) atoms. The van der Waals surface area contributed by atoms with Gasteiger partial charge in [-0.05, 0) is 17.4 Å². The fraction of sp³-hybridized carbons (Fsp3) is 0.727. The van der Waals surface area contributed by atoms with Gasteiger partial charge >= 0.3 is 12.3 Å². The van der Waals surface area contributed by atoms with Crippen molar-refractivity contribution in [3.63, 3.8) is 0 Å². The maximum Gasteiger partial charge on any atom is 0.412 e. The maximum atomic E-state index is 13.2. The zero-order valence-electron chi connectivity index (χ0n) is 10.4. The van der Waals surface area contributed by atoms with Crippen LogP contribution in [0.2, 0.25) is 0 Å². The summed E-state index contributed by atoms with van der Waals surface area (Å²) in [5, 5.41) is 10.6. The molecule has 0 aromatic carbocycles. The first kappa shape index (κ1) is 16.8. The van der Waals surface area contributed by atoms with Crippen LogP contribution in [0.1, 0.15) is 13.8 Å². The molecule has 1 aliphatic rings. The van der Waals surface area contributed by atoms with E-state index in [1.54, 1.807) is 0 Å². The Morgan fingerprint density at radius 2 is 1.80 bits per heavy atom. The molecule has 0 aromatic rings. The third-order valence-corrected chi connectivity index (χ3v) is 3.19. The van der Waals surface area contributed by atoms with Gasteiger partial charge in [-0.25, -0.2) is 4.39 Å². The molecule has 1 rings (SSSR count). The predicted octanol–water partition coefficient (Wildman–Crippen LogP) is 2.03. The number of carbonyl (C=O) groups excluding carboxylic acids is 1. The Morgan fingerprint density at radius 1 is 1.30 bits per heavy atom. The van der Waals surface area contributed by atoms with Crippen molar-refractivity contribution in [2.24, 2.45) is 17.3 Å². The average molecular weight is 305 g/mol. The number of aliphatic carboxylic acids is 1. The van der Waals surface area contributed by atoms with Gasteiger partial charge in [-0.1, -0.05) is 13.8 Å². The Balaban J connectivity index is 2.76. The first-order chi connectivity index (χ1) is 8.79. The monoisotopic (exact) mass is 305 g/mol.